The molecule has 154 valence electrons. The maximum Gasteiger partial charge on any atom is 0.407 e. The number of carbonyl (C=O) groups excluding carboxylic acids is 2. The summed E-state index contributed by atoms with van der Waals surface area (Å²) in [7, 11) is 0. The van der Waals surface area contributed by atoms with Gasteiger partial charge in [-0.3, -0.25) is 0 Å². The van der Waals surface area contributed by atoms with Crippen LogP contribution in [0.2, 0.25) is 0 Å². The molecule has 0 aromatic carbocycles. The Morgan fingerprint density at radius 1 is 0.846 bits per heavy atom. The number of nitrogens with one attached hydrogen (secondary N) is 1. The number of hydrogen-bond donors (Lipinski definition) is 1. The van der Waals surface area contributed by atoms with Gasteiger partial charge in [-0.1, -0.05) is 65.2 Å². The molecule has 0 aliphatic heterocycles. The van der Waals surface area contributed by atoms with Gasteiger partial charge in [-0.05, 0) is 31.3 Å². The highest BCUT2D eigenvalue weighted by Crippen LogP contribution is 2.09. The maximum absolute atomic E-state index is 12.2. The van der Waals surface area contributed by atoms with E-state index < -0.39 is 12.1 Å². The summed E-state index contributed by atoms with van der Waals surface area (Å²) in [4.78, 5) is 24.0. The molecular formula is C20H39NO4S. The molecule has 0 radical (unpaired) electrons. The topological polar surface area (TPSA) is 64.6 Å². The third kappa shape index (κ3) is 15.4. The number of esters is 1. The predicted molar refractivity (Wildman–Crippen MR) is 110 cm³/mol. The van der Waals surface area contributed by atoms with E-state index in [0.29, 0.717) is 19.6 Å². The zero-order chi connectivity index (χ0) is 19.5. The number of thioether (sulfide) groups is 1. The second kappa shape index (κ2) is 18.9. The Bertz CT molecular complexity index is 353. The molecule has 0 aliphatic rings. The van der Waals surface area contributed by atoms with Crippen molar-refractivity contribution in [3.63, 3.8) is 0 Å². The molecule has 5 nitrogen and oxygen atoms in total. The van der Waals surface area contributed by atoms with Crippen LogP contribution < -0.4 is 5.32 Å². The summed E-state index contributed by atoms with van der Waals surface area (Å²) in [6.07, 6.45) is 13.4. The van der Waals surface area contributed by atoms with Crippen LogP contribution in [0, 0.1) is 0 Å². The Hall–Kier alpha value is -0.910. The molecule has 0 aliphatic carbocycles. The second-order valence-electron chi connectivity index (χ2n) is 6.61. The van der Waals surface area contributed by atoms with E-state index in [1.165, 1.54) is 38.5 Å². The Labute approximate surface area is 164 Å². The lowest BCUT2D eigenvalue weighted by Gasteiger charge is -2.17. The van der Waals surface area contributed by atoms with Crippen molar-refractivity contribution in [1.82, 2.24) is 5.32 Å². The minimum atomic E-state index is -0.620. The summed E-state index contributed by atoms with van der Waals surface area (Å²) in [5, 5.41) is 2.64. The van der Waals surface area contributed by atoms with Crippen molar-refractivity contribution in [2.45, 2.75) is 90.5 Å². The molecule has 0 saturated carbocycles. The summed E-state index contributed by atoms with van der Waals surface area (Å²) in [6, 6.07) is -0.620. The van der Waals surface area contributed by atoms with E-state index in [9.17, 15) is 9.59 Å². The first-order valence-electron chi connectivity index (χ1n) is 10.2. The quantitative estimate of drug-likeness (QED) is 0.269. The first kappa shape index (κ1) is 25.1. The van der Waals surface area contributed by atoms with Crippen molar-refractivity contribution in [2.75, 3.05) is 25.2 Å². The minimum Gasteiger partial charge on any atom is -0.464 e. The Kier molecular flexibility index (Phi) is 18.2. The smallest absolute Gasteiger partial charge is 0.407 e. The van der Waals surface area contributed by atoms with Crippen LogP contribution in [0.5, 0.6) is 0 Å². The van der Waals surface area contributed by atoms with Gasteiger partial charge in [0.25, 0.3) is 0 Å². The number of hydrogen-bond acceptors (Lipinski definition) is 5. The van der Waals surface area contributed by atoms with E-state index >= 15 is 0 Å². The van der Waals surface area contributed by atoms with Crippen LogP contribution in [0.25, 0.3) is 0 Å². The summed E-state index contributed by atoms with van der Waals surface area (Å²) >= 11 is 1.64. The molecule has 0 fully saturated rings. The van der Waals surface area contributed by atoms with E-state index in [4.69, 9.17) is 9.47 Å². The van der Waals surface area contributed by atoms with E-state index in [2.05, 4.69) is 12.2 Å². The van der Waals surface area contributed by atoms with E-state index in [-0.39, 0.29) is 5.97 Å². The average Bonchev–Trinajstić information content (AvgIpc) is 2.63. The van der Waals surface area contributed by atoms with Crippen molar-refractivity contribution in [3.8, 4) is 0 Å². The van der Waals surface area contributed by atoms with Crippen molar-refractivity contribution in [2.24, 2.45) is 0 Å². The molecule has 0 aromatic rings. The summed E-state index contributed by atoms with van der Waals surface area (Å²) in [6.45, 7) is 5.06. The van der Waals surface area contributed by atoms with Gasteiger partial charge in [0.1, 0.15) is 6.04 Å². The van der Waals surface area contributed by atoms with Crippen LogP contribution in [0.1, 0.15) is 84.5 Å². The van der Waals surface area contributed by atoms with Gasteiger partial charge in [0.05, 0.1) is 13.2 Å². The average molecular weight is 390 g/mol. The molecular weight excluding hydrogens is 350 g/mol. The third-order valence-electron chi connectivity index (χ3n) is 4.16. The van der Waals surface area contributed by atoms with Crippen molar-refractivity contribution in [1.29, 1.82) is 0 Å². The van der Waals surface area contributed by atoms with Crippen LogP contribution in [0.3, 0.4) is 0 Å². The summed E-state index contributed by atoms with van der Waals surface area (Å²) in [5.41, 5.74) is 0. The molecule has 0 aromatic heterocycles. The van der Waals surface area contributed by atoms with Gasteiger partial charge < -0.3 is 14.8 Å². The SMILES string of the molecule is CCCCCCCCCCOC(=O)[C@H](CCSC)NC(=O)OCCCC. The van der Waals surface area contributed by atoms with Gasteiger partial charge in [-0.15, -0.1) is 0 Å². The molecule has 0 heterocycles. The van der Waals surface area contributed by atoms with Crippen molar-refractivity contribution < 1.29 is 19.1 Å². The number of rotatable bonds is 17. The van der Waals surface area contributed by atoms with E-state index in [0.717, 1.165) is 31.4 Å². The van der Waals surface area contributed by atoms with Gasteiger partial charge in [-0.25, -0.2) is 9.59 Å². The normalized spacial score (nSPS) is 11.8. The largest absolute Gasteiger partial charge is 0.464 e. The second-order valence-corrected chi connectivity index (χ2v) is 7.60. The number of ether oxygens (including phenoxy) is 2. The summed E-state index contributed by atoms with van der Waals surface area (Å²) in [5.74, 6) is 0.432. The molecule has 1 amide bonds. The van der Waals surface area contributed by atoms with Gasteiger partial charge >= 0.3 is 12.1 Å². The molecule has 26 heavy (non-hydrogen) atoms. The lowest BCUT2D eigenvalue weighted by atomic mass is 10.1. The maximum atomic E-state index is 12.2. The van der Waals surface area contributed by atoms with Crippen LogP contribution in [-0.2, 0) is 14.3 Å². The van der Waals surface area contributed by atoms with Gasteiger partial charge in [0.15, 0.2) is 0 Å². The fraction of sp³-hybridized carbons (Fsp3) is 0.900. The van der Waals surface area contributed by atoms with Crippen molar-refractivity contribution in [3.05, 3.63) is 0 Å². The predicted octanol–water partition coefficient (Wildman–Crippen LogP) is 5.32. The van der Waals surface area contributed by atoms with E-state index in [1.54, 1.807) is 11.8 Å². The standard InChI is InChI=1S/C20H39NO4S/c1-4-6-8-9-10-11-12-13-16-24-19(22)18(14-17-26-3)21-20(23)25-15-7-5-2/h18H,4-17H2,1-3H3,(H,21,23)/t18-/m0/s1. The summed E-state index contributed by atoms with van der Waals surface area (Å²) < 4.78 is 10.4. The Balaban J connectivity index is 3.94. The number of alkyl carbamates (subject to hydrolysis) is 1. The first-order valence-corrected chi connectivity index (χ1v) is 11.6. The van der Waals surface area contributed by atoms with E-state index in [1.807, 2.05) is 13.2 Å². The van der Waals surface area contributed by atoms with Crippen LogP contribution in [0.15, 0.2) is 0 Å². The molecule has 1 atom stereocenters. The molecule has 0 bridgehead atoms. The zero-order valence-corrected chi connectivity index (χ0v) is 17.8. The molecule has 0 unspecified atom stereocenters. The first-order chi connectivity index (χ1) is 12.7. The molecule has 1 N–H and O–H groups in total. The Morgan fingerprint density at radius 3 is 2.04 bits per heavy atom. The highest BCUT2D eigenvalue weighted by Gasteiger charge is 2.22. The van der Waals surface area contributed by atoms with Gasteiger partial charge in [-0.2, -0.15) is 11.8 Å². The van der Waals surface area contributed by atoms with Gasteiger partial charge in [0.2, 0.25) is 0 Å². The molecule has 0 spiro atoms. The number of amides is 1. The molecule has 0 saturated heterocycles. The number of carbonyl (C=O) groups is 2. The molecule has 0 rings (SSSR count). The van der Waals surface area contributed by atoms with Crippen LogP contribution in [0.4, 0.5) is 4.79 Å². The van der Waals surface area contributed by atoms with Crippen LogP contribution >= 0.6 is 11.8 Å². The highest BCUT2D eigenvalue weighted by molar-refractivity contribution is 7.98. The highest BCUT2D eigenvalue weighted by atomic mass is 32.2. The zero-order valence-electron chi connectivity index (χ0n) is 17.0. The van der Waals surface area contributed by atoms with Crippen LogP contribution in [-0.4, -0.2) is 43.3 Å². The van der Waals surface area contributed by atoms with Crippen molar-refractivity contribution >= 4 is 23.8 Å². The Morgan fingerprint density at radius 2 is 1.42 bits per heavy atom. The fourth-order valence-electron chi connectivity index (χ4n) is 2.49. The third-order valence-corrected chi connectivity index (χ3v) is 4.80. The lowest BCUT2D eigenvalue weighted by molar-refractivity contribution is -0.146. The fourth-order valence-corrected chi connectivity index (χ4v) is 2.96. The number of unbranched alkanes of at least 4 members (excludes halogenated alkanes) is 8. The molecule has 6 heteroatoms. The minimum absolute atomic E-state index is 0.352. The lowest BCUT2D eigenvalue weighted by Crippen LogP contribution is -2.42. The van der Waals surface area contributed by atoms with Gasteiger partial charge in [0, 0.05) is 0 Å². The monoisotopic (exact) mass is 389 g/mol.